The van der Waals surface area contributed by atoms with E-state index in [1.807, 2.05) is 28.9 Å². The van der Waals surface area contributed by atoms with Crippen LogP contribution in [0.4, 0.5) is 8.78 Å². The van der Waals surface area contributed by atoms with Crippen LogP contribution in [-0.4, -0.2) is 48.6 Å². The minimum Gasteiger partial charge on any atom is -0.481 e. The monoisotopic (exact) mass is 429 g/mol. The molecule has 8 nitrogen and oxygen atoms in total. The molecule has 0 bridgehead atoms. The van der Waals surface area contributed by atoms with Gasteiger partial charge in [0.05, 0.1) is 37.3 Å². The molecule has 4 rings (SSSR count). The van der Waals surface area contributed by atoms with Crippen molar-refractivity contribution in [3.63, 3.8) is 0 Å². The second-order valence-electron chi connectivity index (χ2n) is 7.64. The summed E-state index contributed by atoms with van der Waals surface area (Å²) in [5, 5.41) is 14.3. The molecular formula is C21H21F2N5O3. The lowest BCUT2D eigenvalue weighted by Gasteiger charge is -2.16. The summed E-state index contributed by atoms with van der Waals surface area (Å²) in [4.78, 5) is 8.32. The fraction of sp³-hybridized carbons (Fsp3) is 0.286. The lowest BCUT2D eigenvalue weighted by Crippen LogP contribution is -2.26. The van der Waals surface area contributed by atoms with Crippen molar-refractivity contribution in [3.05, 3.63) is 49.1 Å². The number of pyridine rings is 2. The van der Waals surface area contributed by atoms with Crippen LogP contribution in [0.25, 0.3) is 28.0 Å². The molecule has 0 fully saturated rings. The van der Waals surface area contributed by atoms with Gasteiger partial charge >= 0.3 is 6.61 Å². The Morgan fingerprint density at radius 1 is 1.10 bits per heavy atom. The SMILES string of the molecule is COc1cc(-c2cnc3cc(-c4cnn(CC(C)(C)O)c4)ccn23)cc(OC(F)F)n1. The minimum atomic E-state index is -2.99. The Kier molecular flexibility index (Phi) is 5.32. The molecule has 31 heavy (non-hydrogen) atoms. The highest BCUT2D eigenvalue weighted by molar-refractivity contribution is 5.71. The molecular weight excluding hydrogens is 408 g/mol. The molecule has 0 spiro atoms. The highest BCUT2D eigenvalue weighted by Gasteiger charge is 2.16. The van der Waals surface area contributed by atoms with Crippen LogP contribution in [0.1, 0.15) is 13.8 Å². The molecule has 0 atom stereocenters. The van der Waals surface area contributed by atoms with E-state index in [1.165, 1.54) is 13.2 Å². The normalized spacial score (nSPS) is 12.0. The number of halogens is 2. The molecule has 1 N–H and O–H groups in total. The van der Waals surface area contributed by atoms with Crippen LogP contribution in [0.3, 0.4) is 0 Å². The summed E-state index contributed by atoms with van der Waals surface area (Å²) in [5.74, 6) is -0.0888. The lowest BCUT2D eigenvalue weighted by molar-refractivity contribution is -0.0530. The first-order valence-corrected chi connectivity index (χ1v) is 9.45. The molecule has 0 radical (unpaired) electrons. The highest BCUT2D eigenvalue weighted by Crippen LogP contribution is 2.29. The number of hydrogen-bond acceptors (Lipinski definition) is 6. The van der Waals surface area contributed by atoms with Crippen molar-refractivity contribution in [2.45, 2.75) is 32.6 Å². The van der Waals surface area contributed by atoms with Gasteiger partial charge < -0.3 is 14.6 Å². The largest absolute Gasteiger partial charge is 0.481 e. The fourth-order valence-electron chi connectivity index (χ4n) is 3.25. The van der Waals surface area contributed by atoms with Crippen molar-refractivity contribution >= 4 is 5.65 Å². The zero-order valence-corrected chi connectivity index (χ0v) is 17.2. The maximum atomic E-state index is 12.6. The van der Waals surface area contributed by atoms with E-state index >= 15 is 0 Å². The van der Waals surface area contributed by atoms with Crippen LogP contribution in [0.15, 0.2) is 49.1 Å². The third kappa shape index (κ3) is 4.64. The van der Waals surface area contributed by atoms with Gasteiger partial charge in [-0.3, -0.25) is 9.08 Å². The third-order valence-electron chi connectivity index (χ3n) is 4.52. The summed E-state index contributed by atoms with van der Waals surface area (Å²) in [6.45, 7) is 0.821. The molecule has 0 saturated carbocycles. The van der Waals surface area contributed by atoms with Crippen molar-refractivity contribution in [1.82, 2.24) is 24.1 Å². The average molecular weight is 429 g/mol. The molecule has 0 saturated heterocycles. The molecule has 10 heteroatoms. The zero-order valence-electron chi connectivity index (χ0n) is 17.2. The molecule has 0 unspecified atom stereocenters. The van der Waals surface area contributed by atoms with Crippen LogP contribution < -0.4 is 9.47 Å². The summed E-state index contributed by atoms with van der Waals surface area (Å²) in [6.07, 6.45) is 7.05. The number of rotatable bonds is 7. The van der Waals surface area contributed by atoms with Gasteiger partial charge in [0, 0.05) is 35.7 Å². The Hall–Kier alpha value is -3.53. The zero-order chi connectivity index (χ0) is 22.2. The van der Waals surface area contributed by atoms with Crippen molar-refractivity contribution < 1.29 is 23.4 Å². The van der Waals surface area contributed by atoms with Crippen molar-refractivity contribution in [1.29, 1.82) is 0 Å². The van der Waals surface area contributed by atoms with Gasteiger partial charge in [0.1, 0.15) is 5.65 Å². The molecule has 4 aromatic rings. The first-order valence-electron chi connectivity index (χ1n) is 9.45. The van der Waals surface area contributed by atoms with E-state index in [4.69, 9.17) is 4.74 Å². The highest BCUT2D eigenvalue weighted by atomic mass is 19.3. The summed E-state index contributed by atoms with van der Waals surface area (Å²) in [5.41, 5.74) is 2.81. The van der Waals surface area contributed by atoms with Gasteiger partial charge in [-0.15, -0.1) is 0 Å². The van der Waals surface area contributed by atoms with Crippen molar-refractivity contribution in [3.8, 4) is 34.1 Å². The van der Waals surface area contributed by atoms with Crippen LogP contribution in [0, 0.1) is 0 Å². The summed E-state index contributed by atoms with van der Waals surface area (Å²) in [7, 11) is 1.40. The molecule has 0 amide bonds. The number of alkyl halides is 2. The van der Waals surface area contributed by atoms with E-state index in [1.54, 1.807) is 37.0 Å². The van der Waals surface area contributed by atoms with Crippen molar-refractivity contribution in [2.75, 3.05) is 7.11 Å². The van der Waals surface area contributed by atoms with Gasteiger partial charge in [-0.2, -0.15) is 18.9 Å². The molecule has 0 aliphatic rings. The second kappa shape index (κ2) is 7.95. The average Bonchev–Trinajstić information content (AvgIpc) is 3.32. The maximum Gasteiger partial charge on any atom is 0.388 e. The Labute approximate surface area is 176 Å². The lowest BCUT2D eigenvalue weighted by atomic mass is 10.1. The minimum absolute atomic E-state index is 0.152. The molecule has 4 heterocycles. The van der Waals surface area contributed by atoms with Gasteiger partial charge in [-0.25, -0.2) is 4.98 Å². The Morgan fingerprint density at radius 3 is 2.58 bits per heavy atom. The van der Waals surface area contributed by atoms with E-state index in [0.29, 0.717) is 23.4 Å². The first kappa shape index (κ1) is 20.7. The topological polar surface area (TPSA) is 86.7 Å². The second-order valence-corrected chi connectivity index (χ2v) is 7.64. The predicted molar refractivity (Wildman–Crippen MR) is 109 cm³/mol. The van der Waals surface area contributed by atoms with E-state index < -0.39 is 12.2 Å². The molecule has 0 aromatic carbocycles. The Balaban J connectivity index is 1.69. The van der Waals surface area contributed by atoms with E-state index in [2.05, 4.69) is 19.8 Å². The van der Waals surface area contributed by atoms with Crippen LogP contribution >= 0.6 is 0 Å². The summed E-state index contributed by atoms with van der Waals surface area (Å²) in [6, 6.07) is 6.83. The number of aliphatic hydroxyl groups is 1. The third-order valence-corrected chi connectivity index (χ3v) is 4.52. The predicted octanol–water partition coefficient (Wildman–Crippen LogP) is 3.64. The van der Waals surface area contributed by atoms with Gasteiger partial charge in [-0.1, -0.05) is 0 Å². The summed E-state index contributed by atoms with van der Waals surface area (Å²) >= 11 is 0. The van der Waals surface area contributed by atoms with E-state index in [9.17, 15) is 13.9 Å². The summed E-state index contributed by atoms with van der Waals surface area (Å²) < 4.78 is 38.3. The van der Waals surface area contributed by atoms with Crippen LogP contribution in [0.5, 0.6) is 11.8 Å². The standard InChI is InChI=1S/C21H21F2N5O3/c1-21(2,29)12-27-11-15(9-25-27)13-4-5-28-16(10-24-17(28)6-13)14-7-18(30-3)26-19(8-14)31-20(22)23/h4-11,20,29H,12H2,1-3H3. The maximum absolute atomic E-state index is 12.6. The number of methoxy groups -OCH3 is 1. The van der Waals surface area contributed by atoms with E-state index in [0.717, 1.165) is 11.1 Å². The first-order chi connectivity index (χ1) is 14.7. The van der Waals surface area contributed by atoms with Gasteiger partial charge in [0.15, 0.2) is 0 Å². The Morgan fingerprint density at radius 2 is 1.87 bits per heavy atom. The van der Waals surface area contributed by atoms with Gasteiger partial charge in [0.25, 0.3) is 0 Å². The molecule has 0 aliphatic carbocycles. The van der Waals surface area contributed by atoms with Crippen LogP contribution in [-0.2, 0) is 6.54 Å². The number of ether oxygens (including phenoxy) is 2. The smallest absolute Gasteiger partial charge is 0.388 e. The van der Waals surface area contributed by atoms with Crippen LogP contribution in [0.2, 0.25) is 0 Å². The fourth-order valence-corrected chi connectivity index (χ4v) is 3.25. The van der Waals surface area contributed by atoms with Gasteiger partial charge in [-0.05, 0) is 31.5 Å². The molecule has 4 aromatic heterocycles. The number of hydrogen-bond donors (Lipinski definition) is 1. The Bertz CT molecular complexity index is 1210. The number of aromatic nitrogens is 5. The van der Waals surface area contributed by atoms with Gasteiger partial charge in [0.2, 0.25) is 11.8 Å². The van der Waals surface area contributed by atoms with Crippen molar-refractivity contribution in [2.24, 2.45) is 0 Å². The molecule has 162 valence electrons. The quantitative estimate of drug-likeness (QED) is 0.483. The molecule has 0 aliphatic heterocycles. The number of fused-ring (bicyclic) bond motifs is 1. The number of nitrogens with zero attached hydrogens (tertiary/aromatic N) is 5. The van der Waals surface area contributed by atoms with E-state index in [-0.39, 0.29) is 11.8 Å². The number of imidazole rings is 1.